The standard InChI is InChI=1S/C17H17N3O3S3/c1-12-11-25-16(20-12)10-18-17(21)13-4-6-15(7-5-13)26(22,23)19-9-14-3-2-8-24-14/h2-8,11,19H,9-10H2,1H3,(H,18,21). The van der Waals surface area contributed by atoms with Crippen molar-refractivity contribution in [3.63, 3.8) is 0 Å². The molecule has 6 nitrogen and oxygen atoms in total. The van der Waals surface area contributed by atoms with Crippen LogP contribution in [0.4, 0.5) is 0 Å². The molecule has 2 heterocycles. The van der Waals surface area contributed by atoms with E-state index in [1.165, 1.54) is 46.9 Å². The van der Waals surface area contributed by atoms with E-state index in [1.54, 1.807) is 0 Å². The lowest BCUT2D eigenvalue weighted by atomic mass is 10.2. The molecule has 0 fully saturated rings. The van der Waals surface area contributed by atoms with Crippen molar-refractivity contribution in [1.82, 2.24) is 15.0 Å². The lowest BCUT2D eigenvalue weighted by Gasteiger charge is -2.07. The molecular formula is C17H17N3O3S3. The molecule has 9 heteroatoms. The van der Waals surface area contributed by atoms with Gasteiger partial charge in [-0.1, -0.05) is 6.07 Å². The topological polar surface area (TPSA) is 88.2 Å². The second-order valence-electron chi connectivity index (χ2n) is 5.49. The lowest BCUT2D eigenvalue weighted by molar-refractivity contribution is 0.0950. The molecule has 2 N–H and O–H groups in total. The van der Waals surface area contributed by atoms with Gasteiger partial charge >= 0.3 is 0 Å². The second-order valence-corrected chi connectivity index (χ2v) is 9.24. The molecule has 0 saturated heterocycles. The molecule has 0 unspecified atom stereocenters. The van der Waals surface area contributed by atoms with Crippen LogP contribution < -0.4 is 10.0 Å². The van der Waals surface area contributed by atoms with Crippen LogP contribution >= 0.6 is 22.7 Å². The third kappa shape index (κ3) is 4.76. The molecule has 0 atom stereocenters. The fraction of sp³-hybridized carbons (Fsp3) is 0.176. The van der Waals surface area contributed by atoms with E-state index in [-0.39, 0.29) is 17.3 Å². The van der Waals surface area contributed by atoms with Gasteiger partial charge in [-0.15, -0.1) is 22.7 Å². The summed E-state index contributed by atoms with van der Waals surface area (Å²) in [4.78, 5) is 17.5. The van der Waals surface area contributed by atoms with E-state index in [0.717, 1.165) is 15.6 Å². The number of thiophene rings is 1. The van der Waals surface area contributed by atoms with Gasteiger partial charge < -0.3 is 5.32 Å². The van der Waals surface area contributed by atoms with Crippen molar-refractivity contribution in [1.29, 1.82) is 0 Å². The van der Waals surface area contributed by atoms with Crippen molar-refractivity contribution in [2.45, 2.75) is 24.9 Å². The first-order valence-corrected chi connectivity index (χ1v) is 11.0. The van der Waals surface area contributed by atoms with Crippen molar-refractivity contribution in [3.8, 4) is 0 Å². The zero-order chi connectivity index (χ0) is 18.6. The monoisotopic (exact) mass is 407 g/mol. The highest BCUT2D eigenvalue weighted by Gasteiger charge is 2.15. The SMILES string of the molecule is Cc1csc(CNC(=O)c2ccc(S(=O)(=O)NCc3cccs3)cc2)n1. The highest BCUT2D eigenvalue weighted by atomic mass is 32.2. The van der Waals surface area contributed by atoms with Crippen molar-refractivity contribution in [2.75, 3.05) is 0 Å². The average Bonchev–Trinajstić information content (AvgIpc) is 3.30. The Labute approximate surface area is 160 Å². The maximum Gasteiger partial charge on any atom is 0.251 e. The minimum Gasteiger partial charge on any atom is -0.346 e. The first-order valence-electron chi connectivity index (χ1n) is 7.75. The van der Waals surface area contributed by atoms with Gasteiger partial charge in [0.15, 0.2) is 0 Å². The van der Waals surface area contributed by atoms with Gasteiger partial charge in [-0.25, -0.2) is 18.1 Å². The number of amides is 1. The molecule has 1 amide bonds. The summed E-state index contributed by atoms with van der Waals surface area (Å²) in [5.41, 5.74) is 1.32. The van der Waals surface area contributed by atoms with Crippen LogP contribution in [0.15, 0.2) is 52.1 Å². The molecule has 26 heavy (non-hydrogen) atoms. The average molecular weight is 408 g/mol. The van der Waals surface area contributed by atoms with E-state index in [2.05, 4.69) is 15.0 Å². The van der Waals surface area contributed by atoms with E-state index in [0.29, 0.717) is 12.1 Å². The number of rotatable bonds is 7. The fourth-order valence-electron chi connectivity index (χ4n) is 2.19. The number of thiazole rings is 1. The van der Waals surface area contributed by atoms with Gasteiger partial charge in [-0.05, 0) is 42.6 Å². The zero-order valence-corrected chi connectivity index (χ0v) is 16.4. The minimum atomic E-state index is -3.61. The van der Waals surface area contributed by atoms with Gasteiger partial charge in [-0.2, -0.15) is 0 Å². The summed E-state index contributed by atoms with van der Waals surface area (Å²) in [5.74, 6) is -0.270. The molecule has 0 bridgehead atoms. The van der Waals surface area contributed by atoms with Gasteiger partial charge in [0, 0.05) is 28.1 Å². The molecule has 3 aromatic rings. The Kier molecular flexibility index (Phi) is 5.82. The minimum absolute atomic E-state index is 0.126. The van der Waals surface area contributed by atoms with Crippen LogP contribution in [0.5, 0.6) is 0 Å². The number of aromatic nitrogens is 1. The predicted molar refractivity (Wildman–Crippen MR) is 103 cm³/mol. The summed E-state index contributed by atoms with van der Waals surface area (Å²) in [6, 6.07) is 9.60. The van der Waals surface area contributed by atoms with Crippen LogP contribution in [0.1, 0.15) is 25.9 Å². The molecule has 0 aliphatic heterocycles. The van der Waals surface area contributed by atoms with Gasteiger partial charge in [0.05, 0.1) is 11.4 Å². The van der Waals surface area contributed by atoms with Gasteiger partial charge in [0.1, 0.15) is 5.01 Å². The second kappa shape index (κ2) is 8.09. The molecule has 2 aromatic heterocycles. The molecule has 0 aliphatic rings. The number of carbonyl (C=O) groups excluding carboxylic acids is 1. The number of aryl methyl sites for hydroxylation is 1. The van der Waals surface area contributed by atoms with Gasteiger partial charge in [-0.3, -0.25) is 4.79 Å². The number of nitrogens with zero attached hydrogens (tertiary/aromatic N) is 1. The number of hydrogen-bond acceptors (Lipinski definition) is 6. The summed E-state index contributed by atoms with van der Waals surface area (Å²) < 4.78 is 27.2. The summed E-state index contributed by atoms with van der Waals surface area (Å²) in [6.45, 7) is 2.49. The normalized spacial score (nSPS) is 11.4. The lowest BCUT2D eigenvalue weighted by Crippen LogP contribution is -2.24. The van der Waals surface area contributed by atoms with E-state index in [9.17, 15) is 13.2 Å². The summed E-state index contributed by atoms with van der Waals surface area (Å²) >= 11 is 2.97. The van der Waals surface area contributed by atoms with Crippen molar-refractivity contribution < 1.29 is 13.2 Å². The molecule has 3 rings (SSSR count). The summed E-state index contributed by atoms with van der Waals surface area (Å²) in [5, 5.41) is 7.42. The highest BCUT2D eigenvalue weighted by molar-refractivity contribution is 7.89. The van der Waals surface area contributed by atoms with Crippen molar-refractivity contribution in [2.24, 2.45) is 0 Å². The summed E-state index contributed by atoms with van der Waals surface area (Å²) in [6.07, 6.45) is 0. The zero-order valence-electron chi connectivity index (χ0n) is 13.9. The van der Waals surface area contributed by atoms with Crippen LogP contribution in [0.2, 0.25) is 0 Å². The van der Waals surface area contributed by atoms with Crippen molar-refractivity contribution >= 4 is 38.6 Å². The first kappa shape index (κ1) is 18.7. The third-order valence-corrected chi connectivity index (χ3v) is 6.77. The maximum absolute atomic E-state index is 12.3. The van der Waals surface area contributed by atoms with E-state index < -0.39 is 10.0 Å². The van der Waals surface area contributed by atoms with E-state index in [4.69, 9.17) is 0 Å². The number of nitrogens with one attached hydrogen (secondary N) is 2. The van der Waals surface area contributed by atoms with Crippen LogP contribution in [-0.2, 0) is 23.1 Å². The molecule has 1 aromatic carbocycles. The quantitative estimate of drug-likeness (QED) is 0.630. The van der Waals surface area contributed by atoms with Crippen LogP contribution in [0, 0.1) is 6.92 Å². The molecule has 136 valence electrons. The van der Waals surface area contributed by atoms with Crippen LogP contribution in [0.25, 0.3) is 0 Å². The Hall–Kier alpha value is -2.07. The molecular weight excluding hydrogens is 390 g/mol. The largest absolute Gasteiger partial charge is 0.346 e. The number of carbonyl (C=O) groups is 1. The van der Waals surface area contributed by atoms with Crippen LogP contribution in [-0.4, -0.2) is 19.3 Å². The molecule has 0 spiro atoms. The highest BCUT2D eigenvalue weighted by Crippen LogP contribution is 2.14. The Balaban J connectivity index is 1.60. The van der Waals surface area contributed by atoms with E-state index in [1.807, 2.05) is 29.8 Å². The Bertz CT molecular complexity index is 978. The van der Waals surface area contributed by atoms with Crippen molar-refractivity contribution in [3.05, 3.63) is 68.3 Å². The Morgan fingerprint density at radius 1 is 1.12 bits per heavy atom. The first-order chi connectivity index (χ1) is 12.4. The third-order valence-electron chi connectivity index (χ3n) is 3.51. The Morgan fingerprint density at radius 2 is 1.88 bits per heavy atom. The number of benzene rings is 1. The fourth-order valence-corrected chi connectivity index (χ4v) is 4.64. The van der Waals surface area contributed by atoms with Gasteiger partial charge in [0.25, 0.3) is 5.91 Å². The summed E-state index contributed by atoms with van der Waals surface area (Å²) in [7, 11) is -3.61. The van der Waals surface area contributed by atoms with E-state index >= 15 is 0 Å². The number of sulfonamides is 1. The molecule has 0 saturated carbocycles. The predicted octanol–water partition coefficient (Wildman–Crippen LogP) is 2.92. The van der Waals surface area contributed by atoms with Crippen LogP contribution in [0.3, 0.4) is 0 Å². The molecule has 0 aliphatic carbocycles. The Morgan fingerprint density at radius 3 is 2.50 bits per heavy atom. The molecule has 0 radical (unpaired) electrons. The maximum atomic E-state index is 12.3. The number of hydrogen-bond donors (Lipinski definition) is 2. The smallest absolute Gasteiger partial charge is 0.251 e. The van der Waals surface area contributed by atoms with Gasteiger partial charge in [0.2, 0.25) is 10.0 Å².